The molecule has 1 saturated heterocycles. The Labute approximate surface area is 92.0 Å². The Kier molecular flexibility index (Phi) is 3.33. The molecule has 1 unspecified atom stereocenters. The first-order chi connectivity index (χ1) is 7.22. The van der Waals surface area contributed by atoms with Crippen LogP contribution in [0.1, 0.15) is 44.9 Å². The number of hydrogen-bond donors (Lipinski definition) is 2. The summed E-state index contributed by atoms with van der Waals surface area (Å²) < 4.78 is 5.55. The SMILES string of the molecule is NCC1(C2(O)CCCCC2)CCCOC1. The van der Waals surface area contributed by atoms with Gasteiger partial charge in [0, 0.05) is 18.6 Å². The van der Waals surface area contributed by atoms with Gasteiger partial charge in [0.2, 0.25) is 0 Å². The predicted octanol–water partition coefficient (Wildman–Crippen LogP) is 1.44. The minimum atomic E-state index is -0.555. The number of nitrogens with two attached hydrogens (primary N) is 1. The second-order valence-corrected chi connectivity index (χ2v) is 5.23. The Morgan fingerprint density at radius 3 is 2.33 bits per heavy atom. The van der Waals surface area contributed by atoms with Crippen LogP contribution in [0.4, 0.5) is 0 Å². The molecular weight excluding hydrogens is 190 g/mol. The summed E-state index contributed by atoms with van der Waals surface area (Å²) in [4.78, 5) is 0. The molecule has 88 valence electrons. The smallest absolute Gasteiger partial charge is 0.0737 e. The van der Waals surface area contributed by atoms with Crippen LogP contribution in [0.15, 0.2) is 0 Å². The highest BCUT2D eigenvalue weighted by Crippen LogP contribution is 2.46. The number of hydrogen-bond acceptors (Lipinski definition) is 3. The van der Waals surface area contributed by atoms with Gasteiger partial charge in [-0.2, -0.15) is 0 Å². The van der Waals surface area contributed by atoms with Crippen molar-refractivity contribution >= 4 is 0 Å². The van der Waals surface area contributed by atoms with Crippen molar-refractivity contribution in [3.63, 3.8) is 0 Å². The van der Waals surface area contributed by atoms with E-state index in [-0.39, 0.29) is 5.41 Å². The van der Waals surface area contributed by atoms with E-state index in [1.807, 2.05) is 0 Å². The Morgan fingerprint density at radius 1 is 1.07 bits per heavy atom. The van der Waals surface area contributed by atoms with Crippen LogP contribution in [0.25, 0.3) is 0 Å². The first-order valence-electron chi connectivity index (χ1n) is 6.23. The summed E-state index contributed by atoms with van der Waals surface area (Å²) in [6.45, 7) is 2.04. The van der Waals surface area contributed by atoms with E-state index in [0.29, 0.717) is 13.2 Å². The van der Waals surface area contributed by atoms with Gasteiger partial charge in [-0.05, 0) is 25.7 Å². The van der Waals surface area contributed by atoms with Crippen LogP contribution in [-0.2, 0) is 4.74 Å². The first-order valence-corrected chi connectivity index (χ1v) is 6.23. The van der Waals surface area contributed by atoms with Crippen molar-refractivity contribution in [3.05, 3.63) is 0 Å². The topological polar surface area (TPSA) is 55.5 Å². The summed E-state index contributed by atoms with van der Waals surface area (Å²) in [5.41, 5.74) is 5.20. The van der Waals surface area contributed by atoms with Crippen molar-refractivity contribution in [2.45, 2.75) is 50.5 Å². The molecule has 1 heterocycles. The average molecular weight is 213 g/mol. The highest BCUT2D eigenvalue weighted by Gasteiger charge is 2.50. The van der Waals surface area contributed by atoms with Crippen molar-refractivity contribution in [1.29, 1.82) is 0 Å². The summed E-state index contributed by atoms with van der Waals surface area (Å²) in [7, 11) is 0. The van der Waals surface area contributed by atoms with Crippen molar-refractivity contribution < 1.29 is 9.84 Å². The van der Waals surface area contributed by atoms with E-state index in [2.05, 4.69) is 0 Å². The van der Waals surface area contributed by atoms with Crippen LogP contribution in [-0.4, -0.2) is 30.5 Å². The highest BCUT2D eigenvalue weighted by molar-refractivity contribution is 5.02. The molecule has 3 N–H and O–H groups in total. The standard InChI is InChI=1S/C12H23NO2/c13-9-11(5-4-8-15-10-11)12(14)6-2-1-3-7-12/h14H,1-10,13H2. The highest BCUT2D eigenvalue weighted by atomic mass is 16.5. The Hall–Kier alpha value is -0.120. The average Bonchev–Trinajstić information content (AvgIpc) is 2.31. The molecule has 0 aromatic rings. The molecular formula is C12H23NO2. The van der Waals surface area contributed by atoms with Crippen LogP contribution < -0.4 is 5.73 Å². The third-order valence-electron chi connectivity index (χ3n) is 4.38. The lowest BCUT2D eigenvalue weighted by atomic mass is 9.62. The summed E-state index contributed by atoms with van der Waals surface area (Å²) in [5.74, 6) is 0. The van der Waals surface area contributed by atoms with Gasteiger partial charge < -0.3 is 15.6 Å². The molecule has 0 spiro atoms. The van der Waals surface area contributed by atoms with E-state index >= 15 is 0 Å². The van der Waals surface area contributed by atoms with Gasteiger partial charge in [-0.1, -0.05) is 19.3 Å². The Bertz CT molecular complexity index is 206. The van der Waals surface area contributed by atoms with Crippen molar-refractivity contribution in [2.75, 3.05) is 19.8 Å². The first kappa shape index (κ1) is 11.4. The lowest BCUT2D eigenvalue weighted by Gasteiger charge is -2.50. The molecule has 1 aliphatic heterocycles. The van der Waals surface area contributed by atoms with Crippen LogP contribution in [0.3, 0.4) is 0 Å². The van der Waals surface area contributed by atoms with Crippen LogP contribution in [0, 0.1) is 5.41 Å². The van der Waals surface area contributed by atoms with Crippen molar-refractivity contribution in [3.8, 4) is 0 Å². The van der Waals surface area contributed by atoms with Crippen LogP contribution in [0.5, 0.6) is 0 Å². The fourth-order valence-corrected chi connectivity index (χ4v) is 3.24. The second-order valence-electron chi connectivity index (χ2n) is 5.23. The Balaban J connectivity index is 2.15. The lowest BCUT2D eigenvalue weighted by Crippen LogP contribution is -2.57. The molecule has 1 saturated carbocycles. The summed E-state index contributed by atoms with van der Waals surface area (Å²) in [6, 6.07) is 0. The van der Waals surface area contributed by atoms with E-state index in [9.17, 15) is 5.11 Å². The summed E-state index contributed by atoms with van der Waals surface area (Å²) in [6.07, 6.45) is 7.42. The lowest BCUT2D eigenvalue weighted by molar-refractivity contribution is -0.158. The molecule has 0 aromatic carbocycles. The maximum atomic E-state index is 10.8. The third-order valence-corrected chi connectivity index (χ3v) is 4.38. The van der Waals surface area contributed by atoms with Crippen LogP contribution >= 0.6 is 0 Å². The minimum absolute atomic E-state index is 0.161. The monoisotopic (exact) mass is 213 g/mol. The van der Waals surface area contributed by atoms with Crippen molar-refractivity contribution in [1.82, 2.24) is 0 Å². The second kappa shape index (κ2) is 4.40. The molecule has 3 heteroatoms. The summed E-state index contributed by atoms with van der Waals surface area (Å²) >= 11 is 0. The molecule has 0 radical (unpaired) electrons. The molecule has 0 amide bonds. The quantitative estimate of drug-likeness (QED) is 0.729. The molecule has 2 aliphatic rings. The van der Waals surface area contributed by atoms with E-state index in [1.54, 1.807) is 0 Å². The fourth-order valence-electron chi connectivity index (χ4n) is 3.24. The molecule has 3 nitrogen and oxygen atoms in total. The maximum Gasteiger partial charge on any atom is 0.0737 e. The maximum absolute atomic E-state index is 10.8. The normalized spacial score (nSPS) is 36.4. The fraction of sp³-hybridized carbons (Fsp3) is 1.00. The van der Waals surface area contributed by atoms with Gasteiger partial charge in [0.25, 0.3) is 0 Å². The molecule has 15 heavy (non-hydrogen) atoms. The van der Waals surface area contributed by atoms with Gasteiger partial charge in [0.15, 0.2) is 0 Å². The van der Waals surface area contributed by atoms with Gasteiger partial charge in [0.05, 0.1) is 12.2 Å². The molecule has 2 rings (SSSR count). The molecule has 1 atom stereocenters. The third kappa shape index (κ3) is 1.93. The van der Waals surface area contributed by atoms with Gasteiger partial charge in [-0.15, -0.1) is 0 Å². The van der Waals surface area contributed by atoms with E-state index in [1.165, 1.54) is 6.42 Å². The number of aliphatic hydroxyl groups is 1. The van der Waals surface area contributed by atoms with Gasteiger partial charge in [-0.25, -0.2) is 0 Å². The molecule has 0 aromatic heterocycles. The van der Waals surface area contributed by atoms with E-state index in [4.69, 9.17) is 10.5 Å². The van der Waals surface area contributed by atoms with Crippen LogP contribution in [0.2, 0.25) is 0 Å². The Morgan fingerprint density at radius 2 is 1.80 bits per heavy atom. The van der Waals surface area contributed by atoms with Gasteiger partial charge >= 0.3 is 0 Å². The molecule has 0 bridgehead atoms. The van der Waals surface area contributed by atoms with E-state index in [0.717, 1.165) is 45.1 Å². The number of rotatable bonds is 2. The number of ether oxygens (including phenoxy) is 1. The largest absolute Gasteiger partial charge is 0.389 e. The minimum Gasteiger partial charge on any atom is -0.389 e. The molecule has 1 aliphatic carbocycles. The predicted molar refractivity (Wildman–Crippen MR) is 59.6 cm³/mol. The van der Waals surface area contributed by atoms with Crippen molar-refractivity contribution in [2.24, 2.45) is 11.1 Å². The van der Waals surface area contributed by atoms with E-state index < -0.39 is 5.60 Å². The zero-order chi connectivity index (χ0) is 10.8. The molecule has 2 fully saturated rings. The van der Waals surface area contributed by atoms with Gasteiger partial charge in [0.1, 0.15) is 0 Å². The van der Waals surface area contributed by atoms with Gasteiger partial charge in [-0.3, -0.25) is 0 Å². The zero-order valence-corrected chi connectivity index (χ0v) is 9.50. The zero-order valence-electron chi connectivity index (χ0n) is 9.50. The summed E-state index contributed by atoms with van der Waals surface area (Å²) in [5, 5.41) is 10.8.